The first kappa shape index (κ1) is 13.1. The van der Waals surface area contributed by atoms with E-state index in [1.165, 1.54) is 0 Å². The average molecular weight is 316 g/mol. The number of carboxylic acids is 1. The lowest BCUT2D eigenvalue weighted by molar-refractivity contribution is -0.133. The SMILES string of the molecule is CCn1c2ccccc2n2c1nn1c(SCC(=O)O)nnc12. The van der Waals surface area contributed by atoms with Crippen LogP contribution in [0.25, 0.3) is 22.6 Å². The largest absolute Gasteiger partial charge is 0.481 e. The highest BCUT2D eigenvalue weighted by molar-refractivity contribution is 7.99. The fourth-order valence-electron chi connectivity index (χ4n) is 2.62. The zero-order chi connectivity index (χ0) is 15.3. The molecule has 0 spiro atoms. The summed E-state index contributed by atoms with van der Waals surface area (Å²) in [5.41, 5.74) is 2.08. The second-order valence-electron chi connectivity index (χ2n) is 4.75. The van der Waals surface area contributed by atoms with E-state index in [0.29, 0.717) is 10.9 Å². The molecule has 4 aromatic rings. The normalized spacial score (nSPS) is 11.9. The van der Waals surface area contributed by atoms with Crippen molar-refractivity contribution < 1.29 is 9.90 Å². The number of para-hydroxylation sites is 2. The molecule has 9 heteroatoms. The topological polar surface area (TPSA) is 89.7 Å². The number of hydrogen-bond acceptors (Lipinski definition) is 5. The summed E-state index contributed by atoms with van der Waals surface area (Å²) in [4.78, 5) is 10.7. The minimum absolute atomic E-state index is 0.0724. The summed E-state index contributed by atoms with van der Waals surface area (Å²) < 4.78 is 5.63. The lowest BCUT2D eigenvalue weighted by atomic mass is 10.3. The first-order valence-corrected chi connectivity index (χ1v) is 7.75. The molecule has 0 radical (unpaired) electrons. The van der Waals surface area contributed by atoms with E-state index in [4.69, 9.17) is 5.11 Å². The molecule has 8 nitrogen and oxygen atoms in total. The van der Waals surface area contributed by atoms with Gasteiger partial charge >= 0.3 is 5.97 Å². The van der Waals surface area contributed by atoms with E-state index in [9.17, 15) is 4.79 Å². The number of nitrogens with zero attached hydrogens (tertiary/aromatic N) is 6. The van der Waals surface area contributed by atoms with Gasteiger partial charge in [-0.25, -0.2) is 4.40 Å². The van der Waals surface area contributed by atoms with Crippen molar-refractivity contribution in [1.82, 2.24) is 28.8 Å². The van der Waals surface area contributed by atoms with Gasteiger partial charge in [-0.3, -0.25) is 4.79 Å². The van der Waals surface area contributed by atoms with E-state index >= 15 is 0 Å². The van der Waals surface area contributed by atoms with Gasteiger partial charge in [0, 0.05) is 6.54 Å². The van der Waals surface area contributed by atoms with E-state index in [2.05, 4.69) is 26.8 Å². The van der Waals surface area contributed by atoms with Gasteiger partial charge in [-0.15, -0.1) is 15.3 Å². The molecular weight excluding hydrogens is 304 g/mol. The molecule has 1 aromatic carbocycles. The predicted molar refractivity (Wildman–Crippen MR) is 81.3 cm³/mol. The van der Waals surface area contributed by atoms with Gasteiger partial charge in [-0.05, 0) is 19.1 Å². The van der Waals surface area contributed by atoms with Crippen LogP contribution in [0.1, 0.15) is 6.92 Å². The number of thioether (sulfide) groups is 1. The molecular formula is C13H12N6O2S. The number of aromatic nitrogens is 6. The molecule has 112 valence electrons. The van der Waals surface area contributed by atoms with Crippen molar-refractivity contribution in [2.75, 3.05) is 5.75 Å². The van der Waals surface area contributed by atoms with Gasteiger partial charge in [0.2, 0.25) is 10.9 Å². The van der Waals surface area contributed by atoms with Crippen LogP contribution in [0.2, 0.25) is 0 Å². The maximum atomic E-state index is 10.7. The summed E-state index contributed by atoms with van der Waals surface area (Å²) in [6.45, 7) is 2.84. The Morgan fingerprint density at radius 1 is 1.23 bits per heavy atom. The molecule has 0 atom stereocenters. The molecule has 0 saturated heterocycles. The van der Waals surface area contributed by atoms with Gasteiger partial charge < -0.3 is 9.67 Å². The molecule has 0 bridgehead atoms. The molecule has 0 unspecified atom stereocenters. The quantitative estimate of drug-likeness (QED) is 0.574. The Morgan fingerprint density at radius 2 is 2.00 bits per heavy atom. The predicted octanol–water partition coefficient (Wildman–Crippen LogP) is 1.53. The summed E-state index contributed by atoms with van der Waals surface area (Å²) in [7, 11) is 0. The van der Waals surface area contributed by atoms with Crippen molar-refractivity contribution >= 4 is 40.3 Å². The summed E-state index contributed by atoms with van der Waals surface area (Å²) in [5, 5.41) is 22.1. The molecule has 0 aliphatic heterocycles. The monoisotopic (exact) mass is 316 g/mol. The molecule has 0 aliphatic rings. The van der Waals surface area contributed by atoms with E-state index in [1.54, 1.807) is 4.52 Å². The number of rotatable bonds is 4. The molecule has 4 rings (SSSR count). The molecule has 0 fully saturated rings. The van der Waals surface area contributed by atoms with Crippen LogP contribution < -0.4 is 0 Å². The lowest BCUT2D eigenvalue weighted by Gasteiger charge is -1.98. The van der Waals surface area contributed by atoms with E-state index in [1.807, 2.05) is 28.7 Å². The zero-order valence-electron chi connectivity index (χ0n) is 11.7. The van der Waals surface area contributed by atoms with Crippen LogP contribution in [0, 0.1) is 0 Å². The van der Waals surface area contributed by atoms with E-state index in [0.717, 1.165) is 35.1 Å². The van der Waals surface area contributed by atoms with Gasteiger partial charge in [0.05, 0.1) is 16.8 Å². The zero-order valence-corrected chi connectivity index (χ0v) is 12.5. The van der Waals surface area contributed by atoms with Crippen molar-refractivity contribution in [2.24, 2.45) is 0 Å². The third kappa shape index (κ3) is 1.72. The van der Waals surface area contributed by atoms with Crippen LogP contribution in [0.4, 0.5) is 0 Å². The van der Waals surface area contributed by atoms with Crippen molar-refractivity contribution in [3.05, 3.63) is 24.3 Å². The van der Waals surface area contributed by atoms with Gasteiger partial charge in [-0.2, -0.15) is 4.52 Å². The summed E-state index contributed by atoms with van der Waals surface area (Å²) in [6, 6.07) is 8.01. The highest BCUT2D eigenvalue weighted by atomic mass is 32.2. The van der Waals surface area contributed by atoms with Gasteiger partial charge in [0.15, 0.2) is 0 Å². The molecule has 3 aromatic heterocycles. The molecule has 0 saturated carbocycles. The standard InChI is InChI=1S/C13H12N6O2S/c1-2-17-8-5-3-4-6-9(8)18-11-14-15-13(22-7-10(20)21)19(11)16-12(17)18/h3-6H,2,7H2,1H3,(H,20,21). The number of hydrogen-bond donors (Lipinski definition) is 1. The highest BCUT2D eigenvalue weighted by Crippen LogP contribution is 2.24. The molecule has 0 aliphatic carbocycles. The third-order valence-electron chi connectivity index (χ3n) is 3.48. The van der Waals surface area contributed by atoms with Crippen LogP contribution in [0.5, 0.6) is 0 Å². The number of aliphatic carboxylic acids is 1. The Balaban J connectivity index is 2.01. The molecule has 1 N–H and O–H groups in total. The Hall–Kier alpha value is -2.55. The first-order chi connectivity index (χ1) is 10.7. The van der Waals surface area contributed by atoms with Crippen LogP contribution in [0.15, 0.2) is 29.4 Å². The Bertz CT molecular complexity index is 1010. The fraction of sp³-hybridized carbons (Fsp3) is 0.231. The van der Waals surface area contributed by atoms with Crippen molar-refractivity contribution in [3.63, 3.8) is 0 Å². The minimum Gasteiger partial charge on any atom is -0.481 e. The maximum absolute atomic E-state index is 10.7. The second-order valence-corrected chi connectivity index (χ2v) is 5.69. The second kappa shape index (κ2) is 4.73. The number of carboxylic acid groups (broad SMARTS) is 1. The molecule has 0 amide bonds. The number of imidazole rings is 1. The number of carbonyl (C=O) groups is 1. The Kier molecular flexibility index (Phi) is 2.83. The summed E-state index contributed by atoms with van der Waals surface area (Å²) in [6.07, 6.45) is 0. The van der Waals surface area contributed by atoms with Gasteiger partial charge in [0.25, 0.3) is 5.78 Å². The van der Waals surface area contributed by atoms with E-state index < -0.39 is 5.97 Å². The molecule has 3 heterocycles. The van der Waals surface area contributed by atoms with Crippen LogP contribution in [-0.2, 0) is 11.3 Å². The van der Waals surface area contributed by atoms with Crippen molar-refractivity contribution in [1.29, 1.82) is 0 Å². The smallest absolute Gasteiger partial charge is 0.313 e. The van der Waals surface area contributed by atoms with Gasteiger partial charge in [0.1, 0.15) is 0 Å². The van der Waals surface area contributed by atoms with Gasteiger partial charge in [-0.1, -0.05) is 23.9 Å². The minimum atomic E-state index is -0.894. The van der Waals surface area contributed by atoms with Crippen LogP contribution in [0.3, 0.4) is 0 Å². The Labute approximate surface area is 128 Å². The highest BCUT2D eigenvalue weighted by Gasteiger charge is 2.19. The Morgan fingerprint density at radius 3 is 2.73 bits per heavy atom. The van der Waals surface area contributed by atoms with E-state index in [-0.39, 0.29) is 5.75 Å². The van der Waals surface area contributed by atoms with Crippen LogP contribution >= 0.6 is 11.8 Å². The third-order valence-corrected chi connectivity index (χ3v) is 4.38. The number of fused-ring (bicyclic) bond motifs is 5. The number of benzene rings is 1. The van der Waals surface area contributed by atoms with Crippen molar-refractivity contribution in [2.45, 2.75) is 18.6 Å². The van der Waals surface area contributed by atoms with Crippen LogP contribution in [-0.4, -0.2) is 45.6 Å². The number of aryl methyl sites for hydroxylation is 1. The summed E-state index contributed by atoms with van der Waals surface area (Å²) >= 11 is 1.11. The lowest BCUT2D eigenvalue weighted by Crippen LogP contribution is -2.00. The average Bonchev–Trinajstić information content (AvgIpc) is 3.13. The first-order valence-electron chi connectivity index (χ1n) is 6.76. The maximum Gasteiger partial charge on any atom is 0.313 e. The molecule has 22 heavy (non-hydrogen) atoms. The summed E-state index contributed by atoms with van der Waals surface area (Å²) in [5.74, 6) is 0.392. The fourth-order valence-corrected chi connectivity index (χ4v) is 3.21. The van der Waals surface area contributed by atoms with Crippen molar-refractivity contribution in [3.8, 4) is 0 Å².